The second-order valence-corrected chi connectivity index (χ2v) is 7.05. The summed E-state index contributed by atoms with van der Waals surface area (Å²) in [5.74, 6) is -0.345. The summed E-state index contributed by atoms with van der Waals surface area (Å²) in [6.07, 6.45) is 1.88. The Bertz CT molecular complexity index is 763. The summed E-state index contributed by atoms with van der Waals surface area (Å²) in [6.45, 7) is 4.36. The molecule has 3 heterocycles. The summed E-state index contributed by atoms with van der Waals surface area (Å²) in [4.78, 5) is 19.3. The summed E-state index contributed by atoms with van der Waals surface area (Å²) in [5.41, 5.74) is 3.80. The van der Waals surface area contributed by atoms with Crippen molar-refractivity contribution in [3.8, 4) is 0 Å². The Labute approximate surface area is 161 Å². The third-order valence-corrected chi connectivity index (χ3v) is 4.99. The van der Waals surface area contributed by atoms with Crippen LogP contribution in [0.15, 0.2) is 41.0 Å². The Hall–Kier alpha value is -1.47. The van der Waals surface area contributed by atoms with E-state index in [4.69, 9.17) is 4.74 Å². The van der Waals surface area contributed by atoms with Crippen molar-refractivity contribution in [3.05, 3.63) is 57.8 Å². The summed E-state index contributed by atoms with van der Waals surface area (Å²) in [5, 5.41) is 2.94. The van der Waals surface area contributed by atoms with Crippen molar-refractivity contribution in [2.45, 2.75) is 12.5 Å². The first-order valence-electron chi connectivity index (χ1n) is 8.06. The number of carbonyl (C=O) groups excluding carboxylic acids is 1. The fraction of sp³-hybridized carbons (Fsp3) is 0.333. The summed E-state index contributed by atoms with van der Waals surface area (Å²) >= 11 is 3.44. The number of carbonyl (C=O) groups is 1. The van der Waals surface area contributed by atoms with Crippen LogP contribution in [-0.2, 0) is 16.1 Å². The molecule has 1 saturated heterocycles. The van der Waals surface area contributed by atoms with Crippen LogP contribution in [-0.4, -0.2) is 42.1 Å². The van der Waals surface area contributed by atoms with E-state index < -0.39 is 0 Å². The average molecular weight is 425 g/mol. The third kappa shape index (κ3) is 3.87. The minimum absolute atomic E-state index is 0. The van der Waals surface area contributed by atoms with Gasteiger partial charge >= 0.3 is 0 Å². The van der Waals surface area contributed by atoms with Crippen molar-refractivity contribution >= 4 is 39.9 Å². The quantitative estimate of drug-likeness (QED) is 0.822. The number of morpholine rings is 1. The predicted octanol–water partition coefficient (Wildman–Crippen LogP) is 3.18. The number of hydrogen-bond acceptors (Lipinski definition) is 4. The lowest BCUT2D eigenvalue weighted by atomic mass is 9.96. The number of nitrogens with zero attached hydrogens (tertiary/aromatic N) is 2. The molecule has 1 amide bonds. The maximum absolute atomic E-state index is 12.4. The van der Waals surface area contributed by atoms with Gasteiger partial charge in [0.2, 0.25) is 5.91 Å². The molecule has 0 spiro atoms. The van der Waals surface area contributed by atoms with Crippen LogP contribution in [0.1, 0.15) is 22.7 Å². The molecule has 7 heteroatoms. The van der Waals surface area contributed by atoms with E-state index in [-0.39, 0.29) is 24.2 Å². The Morgan fingerprint density at radius 1 is 1.24 bits per heavy atom. The third-order valence-electron chi connectivity index (χ3n) is 4.50. The van der Waals surface area contributed by atoms with Crippen LogP contribution in [0.3, 0.4) is 0 Å². The van der Waals surface area contributed by atoms with Gasteiger partial charge in [0.25, 0.3) is 0 Å². The highest BCUT2D eigenvalue weighted by Gasteiger charge is 2.32. The molecule has 0 aliphatic carbocycles. The molecule has 1 fully saturated rings. The normalized spacial score (nSPS) is 19.9. The van der Waals surface area contributed by atoms with Crippen molar-refractivity contribution in [1.29, 1.82) is 0 Å². The zero-order valence-corrected chi connectivity index (χ0v) is 16.0. The van der Waals surface area contributed by atoms with Crippen molar-refractivity contribution in [2.24, 2.45) is 0 Å². The van der Waals surface area contributed by atoms with E-state index in [0.717, 1.165) is 59.8 Å². The zero-order valence-electron chi connectivity index (χ0n) is 13.6. The van der Waals surface area contributed by atoms with Gasteiger partial charge in [-0.3, -0.25) is 14.7 Å². The highest BCUT2D eigenvalue weighted by atomic mass is 79.9. The van der Waals surface area contributed by atoms with Gasteiger partial charge in [0.1, 0.15) is 5.92 Å². The molecule has 4 rings (SSSR count). The Morgan fingerprint density at radius 2 is 2.04 bits per heavy atom. The Morgan fingerprint density at radius 3 is 2.76 bits per heavy atom. The molecule has 1 atom stereocenters. The van der Waals surface area contributed by atoms with Crippen LogP contribution in [0.25, 0.3) is 0 Å². The van der Waals surface area contributed by atoms with Gasteiger partial charge in [-0.1, -0.05) is 28.1 Å². The molecule has 2 aromatic rings. The van der Waals surface area contributed by atoms with E-state index in [1.54, 1.807) is 0 Å². The van der Waals surface area contributed by atoms with Gasteiger partial charge in [-0.2, -0.15) is 0 Å². The Balaban J connectivity index is 0.00000182. The van der Waals surface area contributed by atoms with Gasteiger partial charge in [0.05, 0.1) is 18.9 Å². The zero-order chi connectivity index (χ0) is 16.5. The number of anilines is 1. The average Bonchev–Trinajstić information content (AvgIpc) is 2.91. The topological polar surface area (TPSA) is 54.5 Å². The first kappa shape index (κ1) is 18.3. The van der Waals surface area contributed by atoms with Crippen molar-refractivity contribution in [3.63, 3.8) is 0 Å². The number of ether oxygens (including phenoxy) is 1. The van der Waals surface area contributed by atoms with E-state index >= 15 is 0 Å². The second-order valence-electron chi connectivity index (χ2n) is 6.13. The van der Waals surface area contributed by atoms with Crippen LogP contribution >= 0.6 is 28.3 Å². The SMILES string of the molecule is Cl.O=C1Nc2cc(Br)ccc2C1c1ccc(CN2CCOCC2)cn1. The van der Waals surface area contributed by atoms with Crippen LogP contribution in [0.5, 0.6) is 0 Å². The molecule has 2 aliphatic rings. The fourth-order valence-corrected chi connectivity index (χ4v) is 3.61. The van der Waals surface area contributed by atoms with Crippen molar-refractivity contribution in [1.82, 2.24) is 9.88 Å². The molecular weight excluding hydrogens is 406 g/mol. The largest absolute Gasteiger partial charge is 0.379 e. The standard InChI is InChI=1S/C18H18BrN3O2.ClH/c19-13-2-3-14-16(9-13)21-18(23)17(14)15-4-1-12(10-20-15)11-22-5-7-24-8-6-22;/h1-4,9-10,17H,5-8,11H2,(H,21,23);1H. The van der Waals surface area contributed by atoms with Crippen LogP contribution < -0.4 is 5.32 Å². The van der Waals surface area contributed by atoms with Gasteiger partial charge in [-0.15, -0.1) is 12.4 Å². The number of rotatable bonds is 3. The molecule has 5 nitrogen and oxygen atoms in total. The highest BCUT2D eigenvalue weighted by Crippen LogP contribution is 2.37. The first-order valence-corrected chi connectivity index (χ1v) is 8.85. The van der Waals surface area contributed by atoms with E-state index in [1.165, 1.54) is 0 Å². The summed E-state index contributed by atoms with van der Waals surface area (Å²) in [7, 11) is 0. The van der Waals surface area contributed by atoms with Crippen LogP contribution in [0, 0.1) is 0 Å². The number of hydrogen-bond donors (Lipinski definition) is 1. The van der Waals surface area contributed by atoms with E-state index in [9.17, 15) is 4.79 Å². The molecule has 0 saturated carbocycles. The minimum atomic E-state index is -0.328. The molecule has 1 aromatic heterocycles. The lowest BCUT2D eigenvalue weighted by Gasteiger charge is -2.26. The molecule has 2 aliphatic heterocycles. The highest BCUT2D eigenvalue weighted by molar-refractivity contribution is 9.10. The van der Waals surface area contributed by atoms with E-state index in [2.05, 4.69) is 37.2 Å². The van der Waals surface area contributed by atoms with Crippen LogP contribution in [0.4, 0.5) is 5.69 Å². The number of benzene rings is 1. The molecule has 0 bridgehead atoms. The predicted molar refractivity (Wildman–Crippen MR) is 102 cm³/mol. The Kier molecular flexibility index (Phi) is 5.74. The number of fused-ring (bicyclic) bond motifs is 1. The molecular formula is C18H19BrClN3O2. The summed E-state index contributed by atoms with van der Waals surface area (Å²) in [6, 6.07) is 9.91. The maximum Gasteiger partial charge on any atom is 0.238 e. The number of pyridine rings is 1. The first-order chi connectivity index (χ1) is 11.7. The number of aromatic nitrogens is 1. The van der Waals surface area contributed by atoms with Crippen LogP contribution in [0.2, 0.25) is 0 Å². The van der Waals surface area contributed by atoms with Crippen molar-refractivity contribution in [2.75, 3.05) is 31.6 Å². The maximum atomic E-state index is 12.4. The van der Waals surface area contributed by atoms with Gasteiger partial charge in [-0.25, -0.2) is 0 Å². The molecule has 25 heavy (non-hydrogen) atoms. The van der Waals surface area contributed by atoms with E-state index in [0.29, 0.717) is 0 Å². The number of amides is 1. The summed E-state index contributed by atoms with van der Waals surface area (Å²) < 4.78 is 6.33. The molecule has 1 N–H and O–H groups in total. The van der Waals surface area contributed by atoms with Gasteiger partial charge < -0.3 is 10.1 Å². The molecule has 0 radical (unpaired) electrons. The lowest BCUT2D eigenvalue weighted by molar-refractivity contribution is -0.116. The second kappa shape index (κ2) is 7.83. The van der Waals surface area contributed by atoms with Gasteiger partial charge in [-0.05, 0) is 29.3 Å². The number of nitrogens with one attached hydrogen (secondary N) is 1. The molecule has 132 valence electrons. The van der Waals surface area contributed by atoms with Gasteiger partial charge in [0, 0.05) is 36.0 Å². The molecule has 1 unspecified atom stereocenters. The van der Waals surface area contributed by atoms with E-state index in [1.807, 2.05) is 30.5 Å². The minimum Gasteiger partial charge on any atom is -0.379 e. The molecule has 1 aromatic carbocycles. The number of halogens is 2. The smallest absolute Gasteiger partial charge is 0.238 e. The monoisotopic (exact) mass is 423 g/mol. The lowest BCUT2D eigenvalue weighted by Crippen LogP contribution is -2.35. The van der Waals surface area contributed by atoms with Gasteiger partial charge in [0.15, 0.2) is 0 Å². The fourth-order valence-electron chi connectivity index (χ4n) is 3.25. The van der Waals surface area contributed by atoms with Crippen molar-refractivity contribution < 1.29 is 9.53 Å².